The molecular formula is C17H20BrNO. The van der Waals surface area contributed by atoms with Crippen molar-refractivity contribution in [3.05, 3.63) is 58.1 Å². The standard InChI is InChI=1S/C17H20BrNO/c1-17(2,3)14-6-4-5-7-15(14)19-11-12-10-13(18)8-9-16(12)20/h4-10,19-20H,11H2,1-3H3. The maximum Gasteiger partial charge on any atom is 0.120 e. The van der Waals surface area contributed by atoms with Crippen molar-refractivity contribution >= 4 is 21.6 Å². The fourth-order valence-electron chi connectivity index (χ4n) is 2.18. The van der Waals surface area contributed by atoms with Crippen LogP contribution in [0.25, 0.3) is 0 Å². The van der Waals surface area contributed by atoms with Crippen LogP contribution in [-0.2, 0) is 12.0 Å². The Morgan fingerprint density at radius 3 is 2.50 bits per heavy atom. The molecule has 0 heterocycles. The lowest BCUT2D eigenvalue weighted by atomic mass is 9.86. The van der Waals surface area contributed by atoms with Gasteiger partial charge in [0.25, 0.3) is 0 Å². The second-order valence-corrected chi connectivity index (χ2v) is 6.84. The Bertz CT molecular complexity index is 602. The Morgan fingerprint density at radius 2 is 1.80 bits per heavy atom. The molecule has 2 aromatic carbocycles. The summed E-state index contributed by atoms with van der Waals surface area (Å²) in [5.41, 5.74) is 3.35. The number of hydrogen-bond donors (Lipinski definition) is 2. The first-order chi connectivity index (χ1) is 9.38. The van der Waals surface area contributed by atoms with Crippen molar-refractivity contribution in [3.8, 4) is 5.75 Å². The Morgan fingerprint density at radius 1 is 1.10 bits per heavy atom. The Labute approximate surface area is 129 Å². The molecule has 2 N–H and O–H groups in total. The molecule has 0 fully saturated rings. The lowest BCUT2D eigenvalue weighted by molar-refractivity contribution is 0.469. The fourth-order valence-corrected chi connectivity index (χ4v) is 2.59. The highest BCUT2D eigenvalue weighted by molar-refractivity contribution is 9.10. The van der Waals surface area contributed by atoms with Gasteiger partial charge >= 0.3 is 0 Å². The number of nitrogens with one attached hydrogen (secondary N) is 1. The van der Waals surface area contributed by atoms with Gasteiger partial charge in [-0.15, -0.1) is 0 Å². The van der Waals surface area contributed by atoms with Crippen molar-refractivity contribution in [3.63, 3.8) is 0 Å². The Balaban J connectivity index is 2.21. The van der Waals surface area contributed by atoms with E-state index in [9.17, 15) is 5.11 Å². The van der Waals surface area contributed by atoms with Crippen molar-refractivity contribution in [1.29, 1.82) is 0 Å². The van der Waals surface area contributed by atoms with E-state index in [0.717, 1.165) is 15.7 Å². The van der Waals surface area contributed by atoms with Gasteiger partial charge < -0.3 is 10.4 Å². The van der Waals surface area contributed by atoms with Gasteiger partial charge in [0.05, 0.1) is 0 Å². The van der Waals surface area contributed by atoms with Crippen molar-refractivity contribution in [2.45, 2.75) is 32.7 Å². The van der Waals surface area contributed by atoms with E-state index in [1.807, 2.05) is 18.2 Å². The predicted molar refractivity (Wildman–Crippen MR) is 88.3 cm³/mol. The zero-order chi connectivity index (χ0) is 14.8. The molecule has 2 aromatic rings. The number of anilines is 1. The molecule has 0 bridgehead atoms. The van der Waals surface area contributed by atoms with Crippen molar-refractivity contribution < 1.29 is 5.11 Å². The van der Waals surface area contributed by atoms with Gasteiger partial charge in [-0.3, -0.25) is 0 Å². The summed E-state index contributed by atoms with van der Waals surface area (Å²) in [6.07, 6.45) is 0. The van der Waals surface area contributed by atoms with Crippen LogP contribution < -0.4 is 5.32 Å². The number of rotatable bonds is 3. The number of para-hydroxylation sites is 1. The van der Waals surface area contributed by atoms with Gasteiger partial charge in [-0.1, -0.05) is 54.9 Å². The molecule has 106 valence electrons. The summed E-state index contributed by atoms with van der Waals surface area (Å²) < 4.78 is 0.969. The highest BCUT2D eigenvalue weighted by atomic mass is 79.9. The summed E-state index contributed by atoms with van der Waals surface area (Å²) in [5.74, 6) is 0.314. The number of phenolic OH excluding ortho intramolecular Hbond substituents is 1. The Hall–Kier alpha value is -1.48. The van der Waals surface area contributed by atoms with E-state index in [1.54, 1.807) is 6.07 Å². The monoisotopic (exact) mass is 333 g/mol. The van der Waals surface area contributed by atoms with Crippen LogP contribution in [0, 0.1) is 0 Å². The first-order valence-electron chi connectivity index (χ1n) is 6.69. The van der Waals surface area contributed by atoms with Crippen LogP contribution in [0.1, 0.15) is 31.9 Å². The van der Waals surface area contributed by atoms with Gasteiger partial charge in [-0.05, 0) is 35.2 Å². The molecule has 2 nitrogen and oxygen atoms in total. The first kappa shape index (κ1) is 14.9. The molecule has 2 rings (SSSR count). The van der Waals surface area contributed by atoms with Gasteiger partial charge in [0.2, 0.25) is 0 Å². The van der Waals surface area contributed by atoms with Gasteiger partial charge in [0, 0.05) is 22.3 Å². The van der Waals surface area contributed by atoms with E-state index in [4.69, 9.17) is 0 Å². The number of benzene rings is 2. The number of aromatic hydroxyl groups is 1. The second kappa shape index (κ2) is 5.88. The molecule has 3 heteroatoms. The number of hydrogen-bond acceptors (Lipinski definition) is 2. The summed E-state index contributed by atoms with van der Waals surface area (Å²) in [7, 11) is 0. The fraction of sp³-hybridized carbons (Fsp3) is 0.294. The average molecular weight is 334 g/mol. The summed E-state index contributed by atoms with van der Waals surface area (Å²) in [5, 5.41) is 13.3. The lowest BCUT2D eigenvalue weighted by Crippen LogP contribution is -2.14. The molecule has 0 aliphatic heterocycles. The molecule has 0 saturated heterocycles. The van der Waals surface area contributed by atoms with Gasteiger partial charge in [0.1, 0.15) is 5.75 Å². The maximum absolute atomic E-state index is 9.88. The quantitative estimate of drug-likeness (QED) is 0.822. The van der Waals surface area contributed by atoms with Crippen LogP contribution in [-0.4, -0.2) is 5.11 Å². The van der Waals surface area contributed by atoms with Crippen LogP contribution in [0.15, 0.2) is 46.9 Å². The molecule has 0 spiro atoms. The smallest absolute Gasteiger partial charge is 0.120 e. The molecule has 0 radical (unpaired) electrons. The summed E-state index contributed by atoms with van der Waals surface area (Å²) >= 11 is 3.43. The van der Waals surface area contributed by atoms with Crippen molar-refractivity contribution in [1.82, 2.24) is 0 Å². The molecule has 0 unspecified atom stereocenters. The maximum atomic E-state index is 9.88. The zero-order valence-corrected chi connectivity index (χ0v) is 13.7. The summed E-state index contributed by atoms with van der Waals surface area (Å²) in [6, 6.07) is 13.8. The molecule has 0 aromatic heterocycles. The minimum absolute atomic E-state index is 0.0862. The van der Waals surface area contributed by atoms with E-state index in [2.05, 4.69) is 60.2 Å². The lowest BCUT2D eigenvalue weighted by Gasteiger charge is -2.23. The molecule has 0 aliphatic rings. The van der Waals surface area contributed by atoms with Crippen molar-refractivity contribution in [2.24, 2.45) is 0 Å². The van der Waals surface area contributed by atoms with Crippen LogP contribution in [0.4, 0.5) is 5.69 Å². The first-order valence-corrected chi connectivity index (χ1v) is 7.48. The largest absolute Gasteiger partial charge is 0.508 e. The summed E-state index contributed by atoms with van der Waals surface area (Å²) in [4.78, 5) is 0. The third-order valence-electron chi connectivity index (χ3n) is 3.25. The van der Waals surface area contributed by atoms with Gasteiger partial charge in [0.15, 0.2) is 0 Å². The molecule has 0 saturated carbocycles. The van der Waals surface area contributed by atoms with Crippen molar-refractivity contribution in [2.75, 3.05) is 5.32 Å². The average Bonchev–Trinajstić information content (AvgIpc) is 2.39. The highest BCUT2D eigenvalue weighted by Crippen LogP contribution is 2.30. The molecular weight excluding hydrogens is 314 g/mol. The predicted octanol–water partition coefficient (Wildman–Crippen LogP) is 5.06. The van der Waals surface area contributed by atoms with E-state index in [-0.39, 0.29) is 5.41 Å². The molecule has 20 heavy (non-hydrogen) atoms. The third kappa shape index (κ3) is 3.54. The zero-order valence-electron chi connectivity index (χ0n) is 12.1. The number of phenols is 1. The minimum atomic E-state index is 0.0862. The van der Waals surface area contributed by atoms with Gasteiger partial charge in [-0.2, -0.15) is 0 Å². The van der Waals surface area contributed by atoms with Crippen LogP contribution in [0.5, 0.6) is 5.75 Å². The summed E-state index contributed by atoms with van der Waals surface area (Å²) in [6.45, 7) is 7.19. The molecule has 0 amide bonds. The second-order valence-electron chi connectivity index (χ2n) is 5.92. The van der Waals surface area contributed by atoms with Gasteiger partial charge in [-0.25, -0.2) is 0 Å². The van der Waals surface area contributed by atoms with Crippen LogP contribution >= 0.6 is 15.9 Å². The topological polar surface area (TPSA) is 32.3 Å². The Kier molecular flexibility index (Phi) is 4.39. The highest BCUT2D eigenvalue weighted by Gasteiger charge is 2.17. The van der Waals surface area contributed by atoms with E-state index in [0.29, 0.717) is 12.3 Å². The van der Waals surface area contributed by atoms with Crippen LogP contribution in [0.3, 0.4) is 0 Å². The third-order valence-corrected chi connectivity index (χ3v) is 3.74. The van der Waals surface area contributed by atoms with E-state index < -0.39 is 0 Å². The number of halogens is 1. The normalized spacial score (nSPS) is 11.4. The van der Waals surface area contributed by atoms with E-state index >= 15 is 0 Å². The molecule has 0 aliphatic carbocycles. The van der Waals surface area contributed by atoms with Crippen LogP contribution in [0.2, 0.25) is 0 Å². The van der Waals surface area contributed by atoms with E-state index in [1.165, 1.54) is 5.56 Å². The minimum Gasteiger partial charge on any atom is -0.508 e. The molecule has 0 atom stereocenters. The SMILES string of the molecule is CC(C)(C)c1ccccc1NCc1cc(Br)ccc1O.